The molecule has 11 heteroatoms. The number of aliphatic hydroxyl groups excluding tert-OH is 1. The molecule has 178 valence electrons. The van der Waals surface area contributed by atoms with Gasteiger partial charge in [0.1, 0.15) is 17.3 Å². The highest BCUT2D eigenvalue weighted by molar-refractivity contribution is 7.92. The van der Waals surface area contributed by atoms with E-state index in [2.05, 4.69) is 4.40 Å². The molecular formula is C23H16Cl2F4NO3S+. The summed E-state index contributed by atoms with van der Waals surface area (Å²) in [5.41, 5.74) is 1.04. The van der Waals surface area contributed by atoms with Crippen LogP contribution in [-0.2, 0) is 6.42 Å². The summed E-state index contributed by atoms with van der Waals surface area (Å²) in [6.07, 6.45) is -4.48. The van der Waals surface area contributed by atoms with Gasteiger partial charge in [0.15, 0.2) is 23.5 Å². The number of ether oxygens (including phenoxy) is 1. The van der Waals surface area contributed by atoms with Gasteiger partial charge in [-0.25, -0.2) is 4.39 Å². The van der Waals surface area contributed by atoms with Crippen LogP contribution >= 0.6 is 35.1 Å². The Morgan fingerprint density at radius 2 is 1.68 bits per heavy atom. The summed E-state index contributed by atoms with van der Waals surface area (Å²) in [6, 6.07) is 14.0. The standard InChI is InChI=1S/C23H15Cl2F4NO3S/c24-16-7-13(9-21(31)30-34-12-23(27,28)29)8-18(11-16)33-20-6-3-15(10-19(20)25)22(32)14-1-4-17(26)5-2-14/h1-8,10-11H,9,12H2,(H,30,31)/p+1. The van der Waals surface area contributed by atoms with Crippen LogP contribution in [0, 0.1) is 5.82 Å². The minimum atomic E-state index is -4.37. The molecule has 0 bridgehead atoms. The summed E-state index contributed by atoms with van der Waals surface area (Å²) in [7, 11) is 0. The average Bonchev–Trinajstić information content (AvgIpc) is 2.74. The number of halogens is 6. The monoisotopic (exact) mass is 532 g/mol. The molecular weight excluding hydrogens is 517 g/mol. The normalized spacial score (nSPS) is 12.0. The lowest BCUT2D eigenvalue weighted by Gasteiger charge is -2.11. The fraction of sp³-hybridized carbons (Fsp3) is 0.130. The Hall–Kier alpha value is -2.75. The summed E-state index contributed by atoms with van der Waals surface area (Å²) in [6.45, 7) is 0. The zero-order chi connectivity index (χ0) is 24.9. The van der Waals surface area contributed by atoms with Crippen molar-refractivity contribution < 1.29 is 36.6 Å². The first kappa shape index (κ1) is 25.9. The zero-order valence-corrected chi connectivity index (χ0v) is 19.5. The highest BCUT2D eigenvalue weighted by Crippen LogP contribution is 2.32. The van der Waals surface area contributed by atoms with E-state index in [0.29, 0.717) is 23.1 Å². The molecule has 3 rings (SSSR count). The lowest BCUT2D eigenvalue weighted by Crippen LogP contribution is -2.65. The second-order valence-corrected chi connectivity index (χ2v) is 8.63. The molecule has 4 nitrogen and oxygen atoms in total. The number of carbonyl (C=O) groups excluding carboxylic acids is 1. The van der Waals surface area contributed by atoms with E-state index in [1.54, 1.807) is 0 Å². The van der Waals surface area contributed by atoms with Gasteiger partial charge in [0.25, 0.3) is 0 Å². The molecule has 34 heavy (non-hydrogen) atoms. The van der Waals surface area contributed by atoms with Gasteiger partial charge in [-0.1, -0.05) is 23.2 Å². The number of hydrogen-bond acceptors (Lipinski definition) is 3. The van der Waals surface area contributed by atoms with Crippen LogP contribution in [0.15, 0.2) is 60.7 Å². The highest BCUT2D eigenvalue weighted by atomic mass is 35.5. The fourth-order valence-electron chi connectivity index (χ4n) is 2.83. The van der Waals surface area contributed by atoms with Gasteiger partial charge in [0, 0.05) is 16.1 Å². The Morgan fingerprint density at radius 1 is 1.00 bits per heavy atom. The Labute approximate surface area is 206 Å². The second kappa shape index (κ2) is 11.1. The molecule has 0 aliphatic rings. The van der Waals surface area contributed by atoms with Crippen LogP contribution in [0.5, 0.6) is 11.5 Å². The molecule has 0 unspecified atom stereocenters. The summed E-state index contributed by atoms with van der Waals surface area (Å²) >= 11 is 12.7. The summed E-state index contributed by atoms with van der Waals surface area (Å²) in [4.78, 5) is 12.6. The number of hydrogen-bond donors (Lipinski definition) is 2. The molecule has 0 atom stereocenters. The maximum absolute atomic E-state index is 13.1. The second-order valence-electron chi connectivity index (χ2n) is 7.01. The zero-order valence-electron chi connectivity index (χ0n) is 17.1. The van der Waals surface area contributed by atoms with Gasteiger partial charge in [-0.3, -0.25) is 4.79 Å². The first-order valence-corrected chi connectivity index (χ1v) is 11.3. The van der Waals surface area contributed by atoms with E-state index < -0.39 is 17.7 Å². The summed E-state index contributed by atoms with van der Waals surface area (Å²) in [5.74, 6) is -1.88. The predicted molar refractivity (Wildman–Crippen MR) is 124 cm³/mol. The molecule has 0 radical (unpaired) electrons. The number of nitrogens with one attached hydrogen (secondary N) is 1. The van der Waals surface area contributed by atoms with Gasteiger partial charge in [-0.2, -0.15) is 13.2 Å². The molecule has 3 aromatic carbocycles. The van der Waals surface area contributed by atoms with Crippen LogP contribution < -0.4 is 9.13 Å². The lowest BCUT2D eigenvalue weighted by atomic mass is 10.0. The van der Waals surface area contributed by atoms with Crippen molar-refractivity contribution in [1.82, 2.24) is 0 Å². The van der Waals surface area contributed by atoms with E-state index in [0.717, 1.165) is 0 Å². The van der Waals surface area contributed by atoms with Crippen molar-refractivity contribution in [1.29, 1.82) is 0 Å². The fourth-order valence-corrected chi connectivity index (χ4v) is 3.77. The molecule has 0 aliphatic carbocycles. The minimum Gasteiger partial charge on any atom is -0.462 e. The third-order valence-corrected chi connectivity index (χ3v) is 5.62. The molecule has 3 aromatic rings. The van der Waals surface area contributed by atoms with Crippen molar-refractivity contribution in [3.63, 3.8) is 0 Å². The minimum absolute atomic E-state index is 0.110. The van der Waals surface area contributed by atoms with Crippen LogP contribution in [0.25, 0.3) is 0 Å². The van der Waals surface area contributed by atoms with Gasteiger partial charge >= 0.3 is 12.1 Å². The Kier molecular flexibility index (Phi) is 8.46. The molecule has 0 amide bonds. The van der Waals surface area contributed by atoms with E-state index in [4.69, 9.17) is 27.9 Å². The number of alkyl halides is 3. The van der Waals surface area contributed by atoms with Crippen LogP contribution in [-0.4, -0.2) is 28.7 Å². The van der Waals surface area contributed by atoms with Crippen molar-refractivity contribution in [2.75, 3.05) is 5.75 Å². The third kappa shape index (κ3) is 7.65. The number of carbonyl (C=O) groups is 1. The van der Waals surface area contributed by atoms with E-state index >= 15 is 0 Å². The molecule has 0 fully saturated rings. The molecule has 0 aromatic heterocycles. The van der Waals surface area contributed by atoms with Crippen LogP contribution in [0.3, 0.4) is 0 Å². The van der Waals surface area contributed by atoms with Crippen LogP contribution in [0.2, 0.25) is 10.0 Å². The SMILES string of the molecule is O=C(c1ccc(F)cc1)c1ccc(Oc2cc(Cl)cc(CC(O)=[NH+]SCC(F)(F)F)c2)c(Cl)c1. The van der Waals surface area contributed by atoms with Crippen LogP contribution in [0.4, 0.5) is 17.6 Å². The number of benzene rings is 3. The van der Waals surface area contributed by atoms with E-state index in [9.17, 15) is 27.5 Å². The molecule has 0 spiro atoms. The maximum Gasteiger partial charge on any atom is 0.403 e. The molecule has 0 saturated heterocycles. The van der Waals surface area contributed by atoms with E-state index in [-0.39, 0.29) is 45.2 Å². The predicted octanol–water partition coefficient (Wildman–Crippen LogP) is 5.95. The van der Waals surface area contributed by atoms with Crippen molar-refractivity contribution in [3.8, 4) is 11.5 Å². The average molecular weight is 533 g/mol. The van der Waals surface area contributed by atoms with Gasteiger partial charge < -0.3 is 9.84 Å². The van der Waals surface area contributed by atoms with Crippen LogP contribution in [0.1, 0.15) is 21.5 Å². The first-order valence-electron chi connectivity index (χ1n) is 9.56. The number of aliphatic hydroxyl groups is 1. The van der Waals surface area contributed by atoms with Gasteiger partial charge in [0.2, 0.25) is 0 Å². The smallest absolute Gasteiger partial charge is 0.403 e. The molecule has 0 saturated carbocycles. The number of ketones is 1. The summed E-state index contributed by atoms with van der Waals surface area (Å²) < 4.78 is 57.7. The largest absolute Gasteiger partial charge is 0.462 e. The van der Waals surface area contributed by atoms with Crippen molar-refractivity contribution >= 4 is 46.8 Å². The topological polar surface area (TPSA) is 60.5 Å². The molecule has 0 heterocycles. The van der Waals surface area contributed by atoms with Crippen molar-refractivity contribution in [2.45, 2.75) is 12.6 Å². The van der Waals surface area contributed by atoms with E-state index in [1.807, 2.05) is 0 Å². The van der Waals surface area contributed by atoms with Gasteiger partial charge in [0.05, 0.1) is 11.4 Å². The third-order valence-electron chi connectivity index (χ3n) is 4.26. The van der Waals surface area contributed by atoms with Gasteiger partial charge in [-0.15, -0.1) is 4.40 Å². The Bertz CT molecular complexity index is 1220. The van der Waals surface area contributed by atoms with E-state index in [1.165, 1.54) is 60.7 Å². The molecule has 0 aliphatic heterocycles. The highest BCUT2D eigenvalue weighted by Gasteiger charge is 2.29. The number of rotatable bonds is 8. The maximum atomic E-state index is 13.1. The van der Waals surface area contributed by atoms with Crippen molar-refractivity contribution in [2.24, 2.45) is 0 Å². The Morgan fingerprint density at radius 3 is 2.32 bits per heavy atom. The van der Waals surface area contributed by atoms with Crippen molar-refractivity contribution in [3.05, 3.63) is 93.2 Å². The molecule has 2 N–H and O–H groups in total. The quantitative estimate of drug-likeness (QED) is 0.124. The summed E-state index contributed by atoms with van der Waals surface area (Å²) in [5, 5.41) is 10.3. The van der Waals surface area contributed by atoms with Gasteiger partial charge in [-0.05, 0) is 66.2 Å². The lowest BCUT2D eigenvalue weighted by molar-refractivity contribution is -0.263. The first-order chi connectivity index (χ1) is 16.0. The Balaban J connectivity index is 1.72.